The standard InChI is InChI=1S/C15H18N2O3/c1-15(2,3)17-13-7-4-10-8-11(20-9-14(18)19)5-6-12(10)16-13/h4-8H,9H2,1-3H3,(H,16,17)(H,18,19). The minimum absolute atomic E-state index is 0.0504. The van der Waals surface area contributed by atoms with Gasteiger partial charge in [0.1, 0.15) is 11.6 Å². The molecule has 2 N–H and O–H groups in total. The molecule has 0 aliphatic carbocycles. The Labute approximate surface area is 117 Å². The van der Waals surface area contributed by atoms with E-state index in [0.29, 0.717) is 5.75 Å². The molecule has 5 nitrogen and oxygen atoms in total. The van der Waals surface area contributed by atoms with Crippen LogP contribution in [-0.4, -0.2) is 28.2 Å². The molecule has 0 radical (unpaired) electrons. The lowest BCUT2D eigenvalue weighted by Crippen LogP contribution is -2.26. The van der Waals surface area contributed by atoms with Crippen molar-refractivity contribution in [1.29, 1.82) is 0 Å². The molecular weight excluding hydrogens is 256 g/mol. The van der Waals surface area contributed by atoms with Crippen molar-refractivity contribution in [2.45, 2.75) is 26.3 Å². The molecule has 2 rings (SSSR count). The lowest BCUT2D eigenvalue weighted by Gasteiger charge is -2.21. The summed E-state index contributed by atoms with van der Waals surface area (Å²) in [5.41, 5.74) is 0.785. The summed E-state index contributed by atoms with van der Waals surface area (Å²) in [5.74, 6) is 0.343. The first-order chi connectivity index (χ1) is 9.33. The van der Waals surface area contributed by atoms with E-state index in [-0.39, 0.29) is 12.1 Å². The second-order valence-electron chi connectivity index (χ2n) is 5.61. The number of carboxylic acids is 1. The first-order valence-electron chi connectivity index (χ1n) is 6.37. The van der Waals surface area contributed by atoms with Crippen LogP contribution in [0.4, 0.5) is 5.82 Å². The van der Waals surface area contributed by atoms with Crippen molar-refractivity contribution in [3.05, 3.63) is 30.3 Å². The molecule has 0 bridgehead atoms. The lowest BCUT2D eigenvalue weighted by atomic mass is 10.1. The third kappa shape index (κ3) is 3.85. The molecule has 1 heterocycles. The Bertz CT molecular complexity index is 633. The second-order valence-corrected chi connectivity index (χ2v) is 5.61. The van der Waals surface area contributed by atoms with Gasteiger partial charge in [-0.3, -0.25) is 0 Å². The maximum absolute atomic E-state index is 10.5. The normalized spacial score (nSPS) is 11.3. The summed E-state index contributed by atoms with van der Waals surface area (Å²) in [7, 11) is 0. The Balaban J connectivity index is 2.23. The van der Waals surface area contributed by atoms with Crippen LogP contribution < -0.4 is 10.1 Å². The van der Waals surface area contributed by atoms with Crippen molar-refractivity contribution >= 4 is 22.7 Å². The highest BCUT2D eigenvalue weighted by atomic mass is 16.5. The number of nitrogens with one attached hydrogen (secondary N) is 1. The van der Waals surface area contributed by atoms with Crippen LogP contribution in [0.3, 0.4) is 0 Å². The third-order valence-corrected chi connectivity index (χ3v) is 2.53. The van der Waals surface area contributed by atoms with Gasteiger partial charge in [0.15, 0.2) is 6.61 Å². The Hall–Kier alpha value is -2.30. The molecular formula is C15H18N2O3. The summed E-state index contributed by atoms with van der Waals surface area (Å²) in [5, 5.41) is 12.8. The smallest absolute Gasteiger partial charge is 0.341 e. The average Bonchev–Trinajstić information content (AvgIpc) is 2.34. The maximum Gasteiger partial charge on any atom is 0.341 e. The number of fused-ring (bicyclic) bond motifs is 1. The Morgan fingerprint density at radius 2 is 2.05 bits per heavy atom. The van der Waals surface area contributed by atoms with Crippen molar-refractivity contribution in [2.24, 2.45) is 0 Å². The van der Waals surface area contributed by atoms with Crippen LogP contribution in [0.15, 0.2) is 30.3 Å². The highest BCUT2D eigenvalue weighted by Gasteiger charge is 2.10. The molecule has 0 atom stereocenters. The van der Waals surface area contributed by atoms with Crippen molar-refractivity contribution in [2.75, 3.05) is 11.9 Å². The van der Waals surface area contributed by atoms with E-state index in [1.54, 1.807) is 12.1 Å². The molecule has 0 unspecified atom stereocenters. The number of pyridine rings is 1. The van der Waals surface area contributed by atoms with Crippen LogP contribution in [0.2, 0.25) is 0 Å². The SMILES string of the molecule is CC(C)(C)Nc1ccc2cc(OCC(=O)O)ccc2n1. The van der Waals surface area contributed by atoms with Crippen LogP contribution in [0, 0.1) is 0 Å². The number of anilines is 1. The summed E-state index contributed by atoms with van der Waals surface area (Å²) >= 11 is 0. The molecule has 0 aliphatic rings. The lowest BCUT2D eigenvalue weighted by molar-refractivity contribution is -0.139. The highest BCUT2D eigenvalue weighted by molar-refractivity contribution is 5.82. The minimum atomic E-state index is -0.993. The van der Waals surface area contributed by atoms with E-state index >= 15 is 0 Å². The summed E-state index contributed by atoms with van der Waals surface area (Å²) in [6, 6.07) is 9.16. The van der Waals surface area contributed by atoms with Gasteiger partial charge < -0.3 is 15.2 Å². The largest absolute Gasteiger partial charge is 0.482 e. The maximum atomic E-state index is 10.5. The van der Waals surface area contributed by atoms with Crippen LogP contribution >= 0.6 is 0 Å². The van der Waals surface area contributed by atoms with Gasteiger partial charge in [-0.25, -0.2) is 9.78 Å². The van der Waals surface area contributed by atoms with Gasteiger partial charge >= 0.3 is 5.97 Å². The van der Waals surface area contributed by atoms with E-state index in [0.717, 1.165) is 16.7 Å². The summed E-state index contributed by atoms with van der Waals surface area (Å²) in [4.78, 5) is 15.0. The zero-order valence-electron chi connectivity index (χ0n) is 11.8. The highest BCUT2D eigenvalue weighted by Crippen LogP contribution is 2.22. The topological polar surface area (TPSA) is 71.5 Å². The van der Waals surface area contributed by atoms with E-state index < -0.39 is 5.97 Å². The van der Waals surface area contributed by atoms with E-state index in [2.05, 4.69) is 31.1 Å². The number of carbonyl (C=O) groups is 1. The number of hydrogen-bond donors (Lipinski definition) is 2. The van der Waals surface area contributed by atoms with E-state index in [1.165, 1.54) is 0 Å². The van der Waals surface area contributed by atoms with Gasteiger partial charge in [-0.15, -0.1) is 0 Å². The first kappa shape index (κ1) is 14.1. The molecule has 0 saturated carbocycles. The zero-order chi connectivity index (χ0) is 14.8. The molecule has 0 saturated heterocycles. The van der Waals surface area contributed by atoms with Gasteiger partial charge in [0.25, 0.3) is 0 Å². The number of benzene rings is 1. The molecule has 20 heavy (non-hydrogen) atoms. The van der Waals surface area contributed by atoms with Crippen molar-refractivity contribution in [3.63, 3.8) is 0 Å². The molecule has 0 aliphatic heterocycles. The number of ether oxygens (including phenoxy) is 1. The zero-order valence-corrected chi connectivity index (χ0v) is 11.8. The molecule has 5 heteroatoms. The fourth-order valence-corrected chi connectivity index (χ4v) is 1.79. The van der Waals surface area contributed by atoms with E-state index in [9.17, 15) is 4.79 Å². The van der Waals surface area contributed by atoms with Crippen molar-refractivity contribution < 1.29 is 14.6 Å². The molecule has 0 amide bonds. The number of aliphatic carboxylic acids is 1. The molecule has 106 valence electrons. The van der Waals surface area contributed by atoms with Crippen molar-refractivity contribution in [1.82, 2.24) is 4.98 Å². The number of nitrogens with zero attached hydrogens (tertiary/aromatic N) is 1. The van der Waals surface area contributed by atoms with E-state index in [4.69, 9.17) is 9.84 Å². The Kier molecular flexibility index (Phi) is 3.79. The van der Waals surface area contributed by atoms with Gasteiger partial charge in [-0.05, 0) is 51.1 Å². The third-order valence-electron chi connectivity index (χ3n) is 2.53. The number of carboxylic acid groups (broad SMARTS) is 1. The van der Waals surface area contributed by atoms with Crippen molar-refractivity contribution in [3.8, 4) is 5.75 Å². The number of rotatable bonds is 4. The van der Waals surface area contributed by atoms with Gasteiger partial charge in [0, 0.05) is 10.9 Å². The predicted octanol–water partition coefficient (Wildman–Crippen LogP) is 2.91. The first-order valence-corrected chi connectivity index (χ1v) is 6.37. The molecule has 2 aromatic rings. The molecule has 0 spiro atoms. The van der Waals surface area contributed by atoms with Gasteiger partial charge in [0.05, 0.1) is 5.52 Å². The molecule has 1 aromatic carbocycles. The second kappa shape index (κ2) is 5.36. The Morgan fingerprint density at radius 3 is 2.70 bits per heavy atom. The van der Waals surface area contributed by atoms with Crippen LogP contribution in [0.25, 0.3) is 10.9 Å². The number of aromatic nitrogens is 1. The Morgan fingerprint density at radius 1 is 1.30 bits per heavy atom. The van der Waals surface area contributed by atoms with Gasteiger partial charge in [-0.1, -0.05) is 0 Å². The van der Waals surface area contributed by atoms with Gasteiger partial charge in [-0.2, -0.15) is 0 Å². The summed E-state index contributed by atoms with van der Waals surface area (Å²) < 4.78 is 5.14. The van der Waals surface area contributed by atoms with E-state index in [1.807, 2.05) is 18.2 Å². The molecule has 1 aromatic heterocycles. The van der Waals surface area contributed by atoms with Gasteiger partial charge in [0.2, 0.25) is 0 Å². The quantitative estimate of drug-likeness (QED) is 0.897. The summed E-state index contributed by atoms with van der Waals surface area (Å²) in [6.07, 6.45) is 0. The fourth-order valence-electron chi connectivity index (χ4n) is 1.79. The molecule has 0 fully saturated rings. The average molecular weight is 274 g/mol. The van der Waals surface area contributed by atoms with Crippen LogP contribution in [0.1, 0.15) is 20.8 Å². The fraction of sp³-hybridized carbons (Fsp3) is 0.333. The number of hydrogen-bond acceptors (Lipinski definition) is 4. The van der Waals surface area contributed by atoms with Crippen LogP contribution in [-0.2, 0) is 4.79 Å². The summed E-state index contributed by atoms with van der Waals surface area (Å²) in [6.45, 7) is 5.87. The monoisotopic (exact) mass is 274 g/mol. The predicted molar refractivity (Wildman–Crippen MR) is 78.2 cm³/mol. The minimum Gasteiger partial charge on any atom is -0.482 e. The van der Waals surface area contributed by atoms with Crippen LogP contribution in [0.5, 0.6) is 5.75 Å².